The van der Waals surface area contributed by atoms with Crippen LogP contribution >= 0.6 is 0 Å². The van der Waals surface area contributed by atoms with E-state index >= 15 is 0 Å². The highest BCUT2D eigenvalue weighted by atomic mass is 16.5. The summed E-state index contributed by atoms with van der Waals surface area (Å²) in [6.07, 6.45) is 1.68. The first kappa shape index (κ1) is 14.5. The van der Waals surface area contributed by atoms with Crippen molar-refractivity contribution < 1.29 is 9.84 Å². The lowest BCUT2D eigenvalue weighted by molar-refractivity contribution is 0.0268. The van der Waals surface area contributed by atoms with Gasteiger partial charge in [-0.05, 0) is 12.0 Å². The van der Waals surface area contributed by atoms with E-state index in [0.717, 1.165) is 51.8 Å². The molecule has 1 aromatic heterocycles. The van der Waals surface area contributed by atoms with Crippen LogP contribution in [0.15, 0.2) is 12.3 Å². The number of aliphatic hydroxyl groups is 1. The van der Waals surface area contributed by atoms with E-state index in [-0.39, 0.29) is 12.5 Å². The van der Waals surface area contributed by atoms with Gasteiger partial charge in [0.15, 0.2) is 0 Å². The van der Waals surface area contributed by atoms with E-state index in [9.17, 15) is 5.11 Å². The van der Waals surface area contributed by atoms with Crippen LogP contribution in [0.25, 0.3) is 0 Å². The van der Waals surface area contributed by atoms with Crippen LogP contribution in [0.2, 0.25) is 0 Å². The van der Waals surface area contributed by atoms with Gasteiger partial charge >= 0.3 is 0 Å². The van der Waals surface area contributed by atoms with Gasteiger partial charge < -0.3 is 20.5 Å². The SMILES string of the molecule is Nc1nccc(N2C[C@@H](CN3CCOCC3)[C@@H](CO)C2)n1. The molecule has 0 amide bonds. The number of morpholine rings is 1. The van der Waals surface area contributed by atoms with E-state index in [1.165, 1.54) is 0 Å². The highest BCUT2D eigenvalue weighted by Crippen LogP contribution is 2.28. The standard InChI is InChI=1S/C14H23N5O2/c15-14-16-2-1-13(17-14)19-8-11(12(9-19)10-20)7-18-3-5-21-6-4-18/h1-2,11-12,20H,3-10H2,(H2,15,16,17)/t11-,12-/m1/s1. The number of anilines is 2. The zero-order chi connectivity index (χ0) is 14.7. The molecule has 116 valence electrons. The Kier molecular flexibility index (Phi) is 4.52. The third-order valence-corrected chi connectivity index (χ3v) is 4.39. The van der Waals surface area contributed by atoms with Crippen molar-refractivity contribution in [2.24, 2.45) is 11.8 Å². The van der Waals surface area contributed by atoms with Gasteiger partial charge in [0.2, 0.25) is 5.95 Å². The van der Waals surface area contributed by atoms with Crippen molar-refractivity contribution in [3.8, 4) is 0 Å². The van der Waals surface area contributed by atoms with Crippen LogP contribution < -0.4 is 10.6 Å². The quantitative estimate of drug-likeness (QED) is 0.769. The Labute approximate surface area is 124 Å². The molecule has 0 aromatic carbocycles. The smallest absolute Gasteiger partial charge is 0.221 e. The number of hydrogen-bond acceptors (Lipinski definition) is 7. The van der Waals surface area contributed by atoms with Crippen molar-refractivity contribution in [1.82, 2.24) is 14.9 Å². The van der Waals surface area contributed by atoms with Crippen molar-refractivity contribution in [3.05, 3.63) is 12.3 Å². The Morgan fingerprint density at radius 1 is 1.29 bits per heavy atom. The van der Waals surface area contributed by atoms with E-state index in [4.69, 9.17) is 10.5 Å². The molecule has 2 fully saturated rings. The van der Waals surface area contributed by atoms with E-state index < -0.39 is 0 Å². The maximum Gasteiger partial charge on any atom is 0.221 e. The first-order chi connectivity index (χ1) is 10.3. The van der Waals surface area contributed by atoms with Crippen molar-refractivity contribution in [2.45, 2.75) is 0 Å². The number of aliphatic hydroxyl groups excluding tert-OH is 1. The van der Waals surface area contributed by atoms with Gasteiger partial charge in [-0.3, -0.25) is 4.90 Å². The molecule has 0 saturated carbocycles. The van der Waals surface area contributed by atoms with Crippen molar-refractivity contribution in [1.29, 1.82) is 0 Å². The predicted molar refractivity (Wildman–Crippen MR) is 80.0 cm³/mol. The molecule has 21 heavy (non-hydrogen) atoms. The topological polar surface area (TPSA) is 87.7 Å². The second kappa shape index (κ2) is 6.55. The zero-order valence-corrected chi connectivity index (χ0v) is 12.2. The van der Waals surface area contributed by atoms with Crippen LogP contribution in [0, 0.1) is 11.8 Å². The largest absolute Gasteiger partial charge is 0.396 e. The average molecular weight is 293 g/mol. The summed E-state index contributed by atoms with van der Waals surface area (Å²) < 4.78 is 5.39. The number of nitrogen functional groups attached to an aromatic ring is 1. The Morgan fingerprint density at radius 3 is 2.76 bits per heavy atom. The van der Waals surface area contributed by atoms with Crippen LogP contribution in [0.1, 0.15) is 0 Å². The van der Waals surface area contributed by atoms with Gasteiger partial charge in [0.1, 0.15) is 5.82 Å². The van der Waals surface area contributed by atoms with Crippen LogP contribution in [-0.2, 0) is 4.74 Å². The van der Waals surface area contributed by atoms with Gasteiger partial charge in [0, 0.05) is 51.4 Å². The minimum Gasteiger partial charge on any atom is -0.396 e. The van der Waals surface area contributed by atoms with Gasteiger partial charge in [-0.25, -0.2) is 4.98 Å². The van der Waals surface area contributed by atoms with Gasteiger partial charge in [0.25, 0.3) is 0 Å². The average Bonchev–Trinajstić information content (AvgIpc) is 2.91. The summed E-state index contributed by atoms with van der Waals surface area (Å²) in [7, 11) is 0. The molecule has 0 bridgehead atoms. The zero-order valence-electron chi connectivity index (χ0n) is 12.2. The summed E-state index contributed by atoms with van der Waals surface area (Å²) in [5.41, 5.74) is 5.66. The fraction of sp³-hybridized carbons (Fsp3) is 0.714. The Bertz CT molecular complexity index is 466. The van der Waals surface area contributed by atoms with Crippen LogP contribution in [0.3, 0.4) is 0 Å². The molecule has 7 nitrogen and oxygen atoms in total. The first-order valence-electron chi connectivity index (χ1n) is 7.50. The van der Waals surface area contributed by atoms with Gasteiger partial charge in [-0.15, -0.1) is 0 Å². The molecule has 3 rings (SSSR count). The summed E-state index contributed by atoms with van der Waals surface area (Å²) in [5.74, 6) is 1.88. The molecule has 7 heteroatoms. The molecule has 2 atom stereocenters. The van der Waals surface area contributed by atoms with Gasteiger partial charge in [-0.2, -0.15) is 4.98 Å². The second-order valence-electron chi connectivity index (χ2n) is 5.79. The van der Waals surface area contributed by atoms with Crippen molar-refractivity contribution in [3.63, 3.8) is 0 Å². The van der Waals surface area contributed by atoms with Gasteiger partial charge in [0.05, 0.1) is 13.2 Å². The Morgan fingerprint density at radius 2 is 2.05 bits per heavy atom. The fourth-order valence-corrected chi connectivity index (χ4v) is 3.19. The normalized spacial score (nSPS) is 27.2. The van der Waals surface area contributed by atoms with Crippen molar-refractivity contribution in [2.75, 3.05) is 63.2 Å². The number of rotatable bonds is 4. The Balaban J connectivity index is 1.64. The lowest BCUT2D eigenvalue weighted by atomic mass is 9.96. The van der Waals surface area contributed by atoms with E-state index in [1.807, 2.05) is 6.07 Å². The summed E-state index contributed by atoms with van der Waals surface area (Å²) in [4.78, 5) is 12.8. The van der Waals surface area contributed by atoms with Crippen molar-refractivity contribution >= 4 is 11.8 Å². The molecular formula is C14H23N5O2. The van der Waals surface area contributed by atoms with Gasteiger partial charge in [-0.1, -0.05) is 0 Å². The minimum atomic E-state index is 0.214. The molecule has 3 N–H and O–H groups in total. The van der Waals surface area contributed by atoms with Crippen LogP contribution in [0.5, 0.6) is 0 Å². The monoisotopic (exact) mass is 293 g/mol. The lowest BCUT2D eigenvalue weighted by Crippen LogP contribution is -2.41. The Hall–Kier alpha value is -1.44. The fourth-order valence-electron chi connectivity index (χ4n) is 3.19. The molecule has 2 aliphatic rings. The molecule has 1 aromatic rings. The molecule has 0 unspecified atom stereocenters. The molecule has 0 spiro atoms. The summed E-state index contributed by atoms with van der Waals surface area (Å²) in [6.45, 7) is 6.52. The van der Waals surface area contributed by atoms with Crippen LogP contribution in [-0.4, -0.2) is 72.5 Å². The molecule has 2 aliphatic heterocycles. The molecule has 3 heterocycles. The predicted octanol–water partition coefficient (Wildman–Crippen LogP) is -0.564. The highest BCUT2D eigenvalue weighted by molar-refractivity contribution is 5.42. The third-order valence-electron chi connectivity index (χ3n) is 4.39. The third kappa shape index (κ3) is 3.42. The molecule has 0 radical (unpaired) electrons. The first-order valence-corrected chi connectivity index (χ1v) is 7.50. The van der Waals surface area contributed by atoms with E-state index in [2.05, 4.69) is 19.8 Å². The number of hydrogen-bond donors (Lipinski definition) is 2. The van der Waals surface area contributed by atoms with Crippen LogP contribution in [0.4, 0.5) is 11.8 Å². The molecule has 0 aliphatic carbocycles. The second-order valence-corrected chi connectivity index (χ2v) is 5.79. The van der Waals surface area contributed by atoms with E-state index in [1.54, 1.807) is 6.20 Å². The number of ether oxygens (including phenoxy) is 1. The minimum absolute atomic E-state index is 0.214. The highest BCUT2D eigenvalue weighted by Gasteiger charge is 2.34. The maximum absolute atomic E-state index is 9.66. The maximum atomic E-state index is 9.66. The summed E-state index contributed by atoms with van der Waals surface area (Å²) in [5, 5.41) is 9.66. The number of nitrogens with zero attached hydrogens (tertiary/aromatic N) is 4. The number of nitrogens with two attached hydrogens (primary N) is 1. The molecule has 2 saturated heterocycles. The number of aromatic nitrogens is 2. The summed E-state index contributed by atoms with van der Waals surface area (Å²) in [6, 6.07) is 1.88. The lowest BCUT2D eigenvalue weighted by Gasteiger charge is -2.30. The summed E-state index contributed by atoms with van der Waals surface area (Å²) >= 11 is 0. The molecular weight excluding hydrogens is 270 g/mol. The van der Waals surface area contributed by atoms with E-state index in [0.29, 0.717) is 11.9 Å².